The Morgan fingerprint density at radius 3 is 2.39 bits per heavy atom. The molecule has 1 N–H and O–H groups in total. The van der Waals surface area contributed by atoms with Crippen molar-refractivity contribution in [3.63, 3.8) is 0 Å². The van der Waals surface area contributed by atoms with Gasteiger partial charge in [0.25, 0.3) is 5.91 Å². The van der Waals surface area contributed by atoms with E-state index in [1.807, 2.05) is 54.3 Å². The van der Waals surface area contributed by atoms with Crippen molar-refractivity contribution in [3.8, 4) is 11.3 Å². The molecule has 0 spiro atoms. The number of carbonyl (C=O) groups excluding carboxylic acids is 2. The molecule has 1 fully saturated rings. The van der Waals surface area contributed by atoms with Crippen LogP contribution in [0, 0.1) is 6.92 Å². The van der Waals surface area contributed by atoms with Gasteiger partial charge >= 0.3 is 0 Å². The van der Waals surface area contributed by atoms with E-state index >= 15 is 0 Å². The van der Waals surface area contributed by atoms with Crippen LogP contribution in [0.3, 0.4) is 0 Å². The number of halogens is 1. The molecule has 3 aromatic rings. The van der Waals surface area contributed by atoms with Crippen LogP contribution in [-0.2, 0) is 4.79 Å². The number of nitrogens with one attached hydrogen (secondary N) is 1. The van der Waals surface area contributed by atoms with E-state index in [1.54, 1.807) is 23.1 Å². The zero-order chi connectivity index (χ0) is 21.8. The van der Waals surface area contributed by atoms with Crippen molar-refractivity contribution in [3.05, 3.63) is 77.0 Å². The summed E-state index contributed by atoms with van der Waals surface area (Å²) in [6.07, 6.45) is 0. The number of furan rings is 1. The molecule has 1 aliphatic rings. The lowest BCUT2D eigenvalue weighted by Gasteiger charge is -2.33. The van der Waals surface area contributed by atoms with Crippen LogP contribution in [-0.4, -0.2) is 54.3 Å². The van der Waals surface area contributed by atoms with Gasteiger partial charge in [0.2, 0.25) is 5.91 Å². The fourth-order valence-electron chi connectivity index (χ4n) is 3.56. The number of benzene rings is 2. The van der Waals surface area contributed by atoms with Crippen molar-refractivity contribution in [1.29, 1.82) is 0 Å². The number of piperazine rings is 1. The predicted octanol–water partition coefficient (Wildman–Crippen LogP) is 4.30. The van der Waals surface area contributed by atoms with E-state index in [-0.39, 0.29) is 11.8 Å². The standard InChI is InChI=1S/C24H24ClN3O3/c1-17-6-8-18(9-7-17)26-23(29)16-27-12-14-28(15-13-27)24(30)22-11-10-21(31-22)19-4-2-3-5-20(19)25/h2-11H,12-16H2,1H3,(H,26,29). The van der Waals surface area contributed by atoms with Gasteiger partial charge in [0, 0.05) is 37.4 Å². The maximum atomic E-state index is 12.8. The summed E-state index contributed by atoms with van der Waals surface area (Å²) in [6.45, 7) is 4.65. The molecule has 7 heteroatoms. The molecule has 2 amide bonds. The number of aryl methyl sites for hydroxylation is 1. The van der Waals surface area contributed by atoms with Gasteiger partial charge in [-0.05, 0) is 43.3 Å². The van der Waals surface area contributed by atoms with Crippen LogP contribution < -0.4 is 5.32 Å². The third-order valence-corrected chi connectivity index (χ3v) is 5.65. The predicted molar refractivity (Wildman–Crippen MR) is 121 cm³/mol. The quantitative estimate of drug-likeness (QED) is 0.646. The third-order valence-electron chi connectivity index (χ3n) is 5.32. The molecule has 4 rings (SSSR count). The van der Waals surface area contributed by atoms with E-state index in [2.05, 4.69) is 5.32 Å². The summed E-state index contributed by atoms with van der Waals surface area (Å²) in [5, 5.41) is 3.49. The lowest BCUT2D eigenvalue weighted by Crippen LogP contribution is -2.50. The summed E-state index contributed by atoms with van der Waals surface area (Å²) in [6, 6.07) is 18.5. The average Bonchev–Trinajstić information content (AvgIpc) is 3.26. The second kappa shape index (κ2) is 9.37. The number of amides is 2. The van der Waals surface area contributed by atoms with Crippen molar-refractivity contribution in [2.24, 2.45) is 0 Å². The van der Waals surface area contributed by atoms with Gasteiger partial charge in [0.15, 0.2) is 5.76 Å². The maximum absolute atomic E-state index is 12.8. The van der Waals surface area contributed by atoms with Gasteiger partial charge in [-0.1, -0.05) is 41.4 Å². The van der Waals surface area contributed by atoms with Crippen LogP contribution in [0.25, 0.3) is 11.3 Å². The second-order valence-electron chi connectivity index (χ2n) is 7.63. The summed E-state index contributed by atoms with van der Waals surface area (Å²) in [7, 11) is 0. The highest BCUT2D eigenvalue weighted by molar-refractivity contribution is 6.33. The fraction of sp³-hybridized carbons (Fsp3) is 0.250. The highest BCUT2D eigenvalue weighted by Gasteiger charge is 2.25. The maximum Gasteiger partial charge on any atom is 0.289 e. The number of carbonyl (C=O) groups is 2. The van der Waals surface area contributed by atoms with Gasteiger partial charge in [0.1, 0.15) is 5.76 Å². The molecule has 0 saturated carbocycles. The Balaban J connectivity index is 1.29. The van der Waals surface area contributed by atoms with Crippen LogP contribution in [0.15, 0.2) is 65.1 Å². The molecule has 1 saturated heterocycles. The van der Waals surface area contributed by atoms with Crippen LogP contribution >= 0.6 is 11.6 Å². The first-order valence-corrected chi connectivity index (χ1v) is 10.6. The summed E-state index contributed by atoms with van der Waals surface area (Å²) in [4.78, 5) is 28.9. The summed E-state index contributed by atoms with van der Waals surface area (Å²) in [5.41, 5.74) is 2.69. The zero-order valence-electron chi connectivity index (χ0n) is 17.3. The van der Waals surface area contributed by atoms with Crippen LogP contribution in [0.4, 0.5) is 5.69 Å². The van der Waals surface area contributed by atoms with Crippen molar-refractivity contribution >= 4 is 29.1 Å². The molecule has 0 bridgehead atoms. The second-order valence-corrected chi connectivity index (χ2v) is 8.03. The number of rotatable bonds is 5. The van der Waals surface area contributed by atoms with E-state index in [0.29, 0.717) is 49.3 Å². The molecule has 31 heavy (non-hydrogen) atoms. The van der Waals surface area contributed by atoms with E-state index in [4.69, 9.17) is 16.0 Å². The normalized spacial score (nSPS) is 14.5. The lowest BCUT2D eigenvalue weighted by atomic mass is 10.2. The number of anilines is 1. The first-order chi connectivity index (χ1) is 15.0. The van der Waals surface area contributed by atoms with Gasteiger partial charge in [-0.15, -0.1) is 0 Å². The van der Waals surface area contributed by atoms with E-state index < -0.39 is 0 Å². The number of nitrogens with zero attached hydrogens (tertiary/aromatic N) is 2. The Bertz CT molecular complexity index is 1070. The average molecular weight is 438 g/mol. The van der Waals surface area contributed by atoms with E-state index in [9.17, 15) is 9.59 Å². The minimum absolute atomic E-state index is 0.0564. The molecular formula is C24H24ClN3O3. The molecule has 1 aromatic heterocycles. The molecule has 0 radical (unpaired) electrons. The Labute approximate surface area is 186 Å². The molecule has 2 aromatic carbocycles. The Kier molecular flexibility index (Phi) is 6.39. The summed E-state index contributed by atoms with van der Waals surface area (Å²) in [5.74, 6) is 0.655. The van der Waals surface area contributed by atoms with E-state index in [1.165, 1.54) is 0 Å². The minimum atomic E-state index is -0.151. The van der Waals surface area contributed by atoms with Gasteiger partial charge < -0.3 is 14.6 Å². The molecular weight excluding hydrogens is 414 g/mol. The van der Waals surface area contributed by atoms with Crippen molar-refractivity contribution in [2.75, 3.05) is 38.0 Å². The molecule has 1 aliphatic heterocycles. The van der Waals surface area contributed by atoms with Gasteiger partial charge in [-0.3, -0.25) is 14.5 Å². The van der Waals surface area contributed by atoms with Gasteiger partial charge in [-0.2, -0.15) is 0 Å². The highest BCUT2D eigenvalue weighted by atomic mass is 35.5. The molecule has 6 nitrogen and oxygen atoms in total. The van der Waals surface area contributed by atoms with E-state index in [0.717, 1.165) is 16.8 Å². The van der Waals surface area contributed by atoms with Gasteiger partial charge in [0.05, 0.1) is 11.6 Å². The van der Waals surface area contributed by atoms with Crippen molar-refractivity contribution in [1.82, 2.24) is 9.80 Å². The number of hydrogen-bond donors (Lipinski definition) is 1. The monoisotopic (exact) mass is 437 g/mol. The van der Waals surface area contributed by atoms with Crippen LogP contribution in [0.5, 0.6) is 0 Å². The minimum Gasteiger partial charge on any atom is -0.451 e. The Morgan fingerprint density at radius 1 is 0.968 bits per heavy atom. The first kappa shape index (κ1) is 21.2. The third kappa shape index (κ3) is 5.16. The Morgan fingerprint density at radius 2 is 1.68 bits per heavy atom. The summed E-state index contributed by atoms with van der Waals surface area (Å²) < 4.78 is 5.78. The van der Waals surface area contributed by atoms with Gasteiger partial charge in [-0.25, -0.2) is 0 Å². The van der Waals surface area contributed by atoms with Crippen LogP contribution in [0.1, 0.15) is 16.1 Å². The van der Waals surface area contributed by atoms with Crippen molar-refractivity contribution < 1.29 is 14.0 Å². The molecule has 0 unspecified atom stereocenters. The first-order valence-electron chi connectivity index (χ1n) is 10.2. The zero-order valence-corrected chi connectivity index (χ0v) is 18.1. The largest absolute Gasteiger partial charge is 0.451 e. The number of hydrogen-bond acceptors (Lipinski definition) is 4. The summed E-state index contributed by atoms with van der Waals surface area (Å²) >= 11 is 6.22. The molecule has 0 atom stereocenters. The molecule has 0 aliphatic carbocycles. The van der Waals surface area contributed by atoms with Crippen LogP contribution in [0.2, 0.25) is 5.02 Å². The smallest absolute Gasteiger partial charge is 0.289 e. The lowest BCUT2D eigenvalue weighted by molar-refractivity contribution is -0.117. The SMILES string of the molecule is Cc1ccc(NC(=O)CN2CCN(C(=O)c3ccc(-c4ccccc4Cl)o3)CC2)cc1. The molecule has 160 valence electrons. The topological polar surface area (TPSA) is 65.8 Å². The Hall–Kier alpha value is -3.09. The van der Waals surface area contributed by atoms with Crippen molar-refractivity contribution in [2.45, 2.75) is 6.92 Å². The fourth-order valence-corrected chi connectivity index (χ4v) is 3.79. The molecule has 2 heterocycles. The highest BCUT2D eigenvalue weighted by Crippen LogP contribution is 2.29.